The quantitative estimate of drug-likeness (QED) is 0.207. The molecule has 6 heteroatoms. The van der Waals surface area contributed by atoms with Gasteiger partial charge in [0, 0.05) is 63.3 Å². The third-order valence-electron chi connectivity index (χ3n) is 9.18. The fourth-order valence-corrected chi connectivity index (χ4v) is 8.14. The minimum atomic E-state index is -0.167. The van der Waals surface area contributed by atoms with Gasteiger partial charge in [-0.05, 0) is 82.9 Å². The highest BCUT2D eigenvalue weighted by molar-refractivity contribution is 7.23. The van der Waals surface area contributed by atoms with Gasteiger partial charge in [0.1, 0.15) is 6.17 Å². The molecule has 0 aliphatic carbocycles. The number of pyridine rings is 1. The maximum absolute atomic E-state index is 5.33. The van der Waals surface area contributed by atoms with Crippen LogP contribution in [0.2, 0.25) is 0 Å². The van der Waals surface area contributed by atoms with Crippen molar-refractivity contribution in [3.05, 3.63) is 168 Å². The first kappa shape index (κ1) is 27.6. The van der Waals surface area contributed by atoms with Gasteiger partial charge in [0.2, 0.25) is 0 Å². The van der Waals surface area contributed by atoms with E-state index in [9.17, 15) is 0 Å². The molecule has 1 unspecified atom stereocenters. The largest absolute Gasteiger partial charge is 0.387 e. The maximum atomic E-state index is 5.33. The number of nitrogens with zero attached hydrogens (tertiary/aromatic N) is 4. The summed E-state index contributed by atoms with van der Waals surface area (Å²) in [6, 6.07) is 39.3. The number of benzene rings is 4. The lowest BCUT2D eigenvalue weighted by atomic mass is 9.99. The van der Waals surface area contributed by atoms with Crippen LogP contribution in [0.25, 0.3) is 48.0 Å². The van der Waals surface area contributed by atoms with E-state index < -0.39 is 0 Å². The minimum absolute atomic E-state index is 0.167. The number of para-hydroxylation sites is 1. The molecule has 2 aliphatic heterocycles. The molecule has 0 saturated heterocycles. The van der Waals surface area contributed by atoms with Crippen molar-refractivity contribution in [2.24, 2.45) is 4.99 Å². The summed E-state index contributed by atoms with van der Waals surface area (Å²) >= 11 is 1.88. The van der Waals surface area contributed by atoms with E-state index in [1.54, 1.807) is 0 Å². The number of allylic oxidation sites excluding steroid dienone is 2. The molecule has 0 saturated carbocycles. The third-order valence-corrected chi connectivity index (χ3v) is 10.4. The normalized spacial score (nSPS) is 16.3. The Hall–Kier alpha value is -5.72. The fourth-order valence-electron chi connectivity index (χ4n) is 6.92. The van der Waals surface area contributed by atoms with E-state index in [1.165, 1.54) is 47.9 Å². The summed E-state index contributed by atoms with van der Waals surface area (Å²) in [4.78, 5) is 13.1. The number of hydrogen-bond donors (Lipinski definition) is 1. The summed E-state index contributed by atoms with van der Waals surface area (Å²) in [5.74, 6) is 0. The van der Waals surface area contributed by atoms with Gasteiger partial charge in [-0.15, -0.1) is 11.3 Å². The Bertz CT molecular complexity index is 2430. The average Bonchev–Trinajstić information content (AvgIpc) is 3.72. The first-order chi connectivity index (χ1) is 23.2. The second-order valence-corrected chi connectivity index (χ2v) is 13.0. The van der Waals surface area contributed by atoms with Crippen molar-refractivity contribution in [1.29, 1.82) is 0 Å². The summed E-state index contributed by atoms with van der Waals surface area (Å²) in [7, 11) is 2.12. The van der Waals surface area contributed by atoms with E-state index in [0.717, 1.165) is 34.8 Å². The zero-order valence-electron chi connectivity index (χ0n) is 25.8. The highest BCUT2D eigenvalue weighted by Crippen LogP contribution is 2.43. The Morgan fingerprint density at radius 2 is 1.64 bits per heavy atom. The van der Waals surface area contributed by atoms with Crippen molar-refractivity contribution in [3.8, 4) is 16.1 Å². The number of rotatable bonds is 5. The molecule has 7 aromatic rings. The summed E-state index contributed by atoms with van der Waals surface area (Å²) < 4.78 is 3.73. The molecule has 1 N–H and O–H groups in total. The van der Waals surface area contributed by atoms with Gasteiger partial charge in [-0.25, -0.2) is 0 Å². The first-order valence-electron chi connectivity index (χ1n) is 15.9. The van der Waals surface area contributed by atoms with E-state index in [4.69, 9.17) is 4.99 Å². The first-order valence-corrected chi connectivity index (χ1v) is 16.7. The molecule has 0 bridgehead atoms. The highest BCUT2D eigenvalue weighted by Gasteiger charge is 2.26. The molecule has 5 heterocycles. The van der Waals surface area contributed by atoms with E-state index in [-0.39, 0.29) is 6.17 Å². The lowest BCUT2D eigenvalue weighted by Crippen LogP contribution is -2.29. The Morgan fingerprint density at radius 1 is 0.809 bits per heavy atom. The second-order valence-electron chi connectivity index (χ2n) is 12.0. The van der Waals surface area contributed by atoms with Gasteiger partial charge in [-0.2, -0.15) is 0 Å². The van der Waals surface area contributed by atoms with Crippen molar-refractivity contribution >= 4 is 48.9 Å². The van der Waals surface area contributed by atoms with E-state index >= 15 is 0 Å². The third kappa shape index (κ3) is 4.68. The molecule has 4 aromatic carbocycles. The maximum Gasteiger partial charge on any atom is 0.147 e. The van der Waals surface area contributed by atoms with E-state index in [2.05, 4.69) is 154 Å². The Balaban J connectivity index is 1.22. The van der Waals surface area contributed by atoms with Gasteiger partial charge in [-0.3, -0.25) is 9.98 Å². The Labute approximate surface area is 277 Å². The standard InChI is InChI=1S/C41H31N5S/c1-45-37(27-16-20-42-21-17-27)26-34(44-41(45)29-18-22-43-23-19-29)30-10-7-11-32(24-30)46-35-13-6-5-12-33(35)39-36(46)15-14-31-25-38(47-40(31)39)28-8-3-2-4-9-28/h2-20,22-26,41-42H,21H2,1H3. The Morgan fingerprint density at radius 3 is 2.49 bits per heavy atom. The van der Waals surface area contributed by atoms with Crippen LogP contribution in [0.3, 0.4) is 0 Å². The number of likely N-dealkylation sites (N-methyl/N-ethyl adjacent to an activating group) is 1. The molecule has 3 aromatic heterocycles. The van der Waals surface area contributed by atoms with Crippen LogP contribution < -0.4 is 5.32 Å². The summed E-state index contributed by atoms with van der Waals surface area (Å²) in [5, 5.41) is 7.13. The van der Waals surface area contributed by atoms with Crippen LogP contribution in [-0.4, -0.2) is 33.8 Å². The van der Waals surface area contributed by atoms with Crippen molar-refractivity contribution < 1.29 is 0 Å². The van der Waals surface area contributed by atoms with Gasteiger partial charge in [0.05, 0.1) is 16.7 Å². The molecule has 0 amide bonds. The second kappa shape index (κ2) is 11.3. The van der Waals surface area contributed by atoms with Crippen molar-refractivity contribution in [2.45, 2.75) is 6.17 Å². The molecule has 0 fully saturated rings. The number of aromatic nitrogens is 2. The molecule has 47 heavy (non-hydrogen) atoms. The predicted molar refractivity (Wildman–Crippen MR) is 196 cm³/mol. The minimum Gasteiger partial charge on any atom is -0.387 e. The zero-order valence-corrected chi connectivity index (χ0v) is 26.7. The number of fused-ring (bicyclic) bond motifs is 5. The number of nitrogens with one attached hydrogen (secondary N) is 1. The van der Waals surface area contributed by atoms with Gasteiger partial charge in [0.15, 0.2) is 0 Å². The van der Waals surface area contributed by atoms with Crippen molar-refractivity contribution in [1.82, 2.24) is 19.8 Å². The molecular weight excluding hydrogens is 595 g/mol. The highest BCUT2D eigenvalue weighted by atomic mass is 32.1. The molecular formula is C41H31N5S. The van der Waals surface area contributed by atoms with Crippen LogP contribution >= 0.6 is 11.3 Å². The SMILES string of the molecule is CN1C(C2=CCNC=C2)=CC(c2cccc(-n3c4ccccc4c4c5sc(-c6ccccc6)cc5ccc43)c2)=NC1c1ccncc1. The predicted octanol–water partition coefficient (Wildman–Crippen LogP) is 9.42. The topological polar surface area (TPSA) is 45.5 Å². The summed E-state index contributed by atoms with van der Waals surface area (Å²) in [6.45, 7) is 0.803. The fraction of sp³-hybridized carbons (Fsp3) is 0.0732. The molecule has 5 nitrogen and oxygen atoms in total. The summed E-state index contributed by atoms with van der Waals surface area (Å²) in [5.41, 5.74) is 10.3. The molecule has 2 aliphatic rings. The van der Waals surface area contributed by atoms with Gasteiger partial charge >= 0.3 is 0 Å². The van der Waals surface area contributed by atoms with E-state index in [1.807, 2.05) is 29.9 Å². The van der Waals surface area contributed by atoms with Crippen molar-refractivity contribution in [3.63, 3.8) is 0 Å². The van der Waals surface area contributed by atoms with Crippen molar-refractivity contribution in [2.75, 3.05) is 13.6 Å². The Kier molecular flexibility index (Phi) is 6.61. The van der Waals surface area contributed by atoms with Gasteiger partial charge in [0.25, 0.3) is 0 Å². The molecule has 0 radical (unpaired) electrons. The number of thiophene rings is 1. The molecule has 1 atom stereocenters. The number of hydrogen-bond acceptors (Lipinski definition) is 5. The van der Waals surface area contributed by atoms with E-state index in [0.29, 0.717) is 0 Å². The van der Waals surface area contributed by atoms with Crippen LogP contribution in [-0.2, 0) is 0 Å². The smallest absolute Gasteiger partial charge is 0.147 e. The van der Waals surface area contributed by atoms with Crippen LogP contribution in [0.1, 0.15) is 17.3 Å². The van der Waals surface area contributed by atoms with Gasteiger partial charge in [-0.1, -0.05) is 72.8 Å². The summed E-state index contributed by atoms with van der Waals surface area (Å²) in [6.07, 6.45) is 12.1. The molecule has 9 rings (SSSR count). The van der Waals surface area contributed by atoms with Crippen LogP contribution in [0.5, 0.6) is 0 Å². The number of aliphatic imine (C=N–C) groups is 1. The lowest BCUT2D eigenvalue weighted by Gasteiger charge is -2.34. The molecule has 0 spiro atoms. The average molecular weight is 626 g/mol. The zero-order chi connectivity index (χ0) is 31.3. The van der Waals surface area contributed by atoms with Crippen LogP contribution in [0.15, 0.2) is 162 Å². The monoisotopic (exact) mass is 625 g/mol. The lowest BCUT2D eigenvalue weighted by molar-refractivity contribution is 0.320. The van der Waals surface area contributed by atoms with Crippen LogP contribution in [0.4, 0.5) is 0 Å². The molecule has 226 valence electrons. The van der Waals surface area contributed by atoms with Gasteiger partial charge < -0.3 is 14.8 Å². The number of dihydropyridines is 1. The van der Waals surface area contributed by atoms with Crippen LogP contribution in [0, 0.1) is 0 Å².